The lowest BCUT2D eigenvalue weighted by Gasteiger charge is -2.18. The standard InChI is InChI=1S/C27H30N2O4/c1-28(15-3-17-30)24-10-4-20(5-11-24)18-22-8-9-23(27(22)33)19-21-6-12-25(13-7-21)29(2)16-14-26(31)32/h4-7,10-13,17-19H,3,8-9,14-16H2,1-2H3,(H,31,32)/b22-18+,23-19+. The zero-order chi connectivity index (χ0) is 23.8. The molecule has 1 N–H and O–H groups in total. The van der Waals surface area contributed by atoms with Crippen LogP contribution in [0.1, 0.15) is 36.8 Å². The number of carbonyl (C=O) groups excluding carboxylic acids is 2. The van der Waals surface area contributed by atoms with Crippen LogP contribution in [0.3, 0.4) is 0 Å². The topological polar surface area (TPSA) is 77.9 Å². The zero-order valence-electron chi connectivity index (χ0n) is 19.2. The van der Waals surface area contributed by atoms with E-state index >= 15 is 0 Å². The molecule has 0 heterocycles. The Labute approximate surface area is 194 Å². The third-order valence-corrected chi connectivity index (χ3v) is 5.84. The first-order valence-corrected chi connectivity index (χ1v) is 11.1. The summed E-state index contributed by atoms with van der Waals surface area (Å²) in [5.74, 6) is -0.727. The number of anilines is 2. The van der Waals surface area contributed by atoms with E-state index in [1.807, 2.05) is 84.6 Å². The summed E-state index contributed by atoms with van der Waals surface area (Å²) in [7, 11) is 3.82. The fourth-order valence-electron chi connectivity index (χ4n) is 3.80. The molecule has 0 bridgehead atoms. The van der Waals surface area contributed by atoms with Crippen molar-refractivity contribution in [2.75, 3.05) is 37.0 Å². The van der Waals surface area contributed by atoms with Gasteiger partial charge in [-0.1, -0.05) is 24.3 Å². The summed E-state index contributed by atoms with van der Waals surface area (Å²) in [5, 5.41) is 8.83. The average Bonchev–Trinajstić information content (AvgIpc) is 3.15. The molecule has 1 fully saturated rings. The van der Waals surface area contributed by atoms with Gasteiger partial charge >= 0.3 is 5.97 Å². The summed E-state index contributed by atoms with van der Waals surface area (Å²) in [4.78, 5) is 38.1. The highest BCUT2D eigenvalue weighted by atomic mass is 16.4. The van der Waals surface area contributed by atoms with Crippen LogP contribution < -0.4 is 9.80 Å². The molecule has 2 aromatic carbocycles. The van der Waals surface area contributed by atoms with Crippen molar-refractivity contribution in [3.8, 4) is 0 Å². The van der Waals surface area contributed by atoms with Crippen molar-refractivity contribution in [3.63, 3.8) is 0 Å². The van der Waals surface area contributed by atoms with E-state index < -0.39 is 5.97 Å². The van der Waals surface area contributed by atoms with Crippen molar-refractivity contribution < 1.29 is 19.5 Å². The number of hydrogen-bond donors (Lipinski definition) is 1. The van der Waals surface area contributed by atoms with Crippen LogP contribution >= 0.6 is 0 Å². The van der Waals surface area contributed by atoms with Gasteiger partial charge in [-0.05, 0) is 60.4 Å². The molecule has 0 aromatic heterocycles. The molecule has 0 saturated heterocycles. The molecule has 0 aliphatic heterocycles. The van der Waals surface area contributed by atoms with E-state index in [1.165, 1.54) is 0 Å². The number of nitrogens with zero attached hydrogens (tertiary/aromatic N) is 2. The molecule has 172 valence electrons. The smallest absolute Gasteiger partial charge is 0.305 e. The summed E-state index contributed by atoms with van der Waals surface area (Å²) in [5.41, 5.74) is 5.54. The number of ketones is 1. The minimum Gasteiger partial charge on any atom is -0.481 e. The highest BCUT2D eigenvalue weighted by Crippen LogP contribution is 2.30. The van der Waals surface area contributed by atoms with Gasteiger partial charge in [0.05, 0.1) is 6.42 Å². The number of hydrogen-bond acceptors (Lipinski definition) is 5. The Morgan fingerprint density at radius 3 is 1.73 bits per heavy atom. The zero-order valence-corrected chi connectivity index (χ0v) is 19.2. The van der Waals surface area contributed by atoms with Crippen LogP contribution in [0.25, 0.3) is 12.2 Å². The van der Waals surface area contributed by atoms with E-state index in [0.29, 0.717) is 19.5 Å². The van der Waals surface area contributed by atoms with Crippen LogP contribution in [0.15, 0.2) is 59.7 Å². The maximum Gasteiger partial charge on any atom is 0.305 e. The van der Waals surface area contributed by atoms with Gasteiger partial charge in [-0.15, -0.1) is 0 Å². The van der Waals surface area contributed by atoms with Gasteiger partial charge in [0.2, 0.25) is 0 Å². The number of carbonyl (C=O) groups is 3. The highest BCUT2D eigenvalue weighted by molar-refractivity contribution is 6.15. The van der Waals surface area contributed by atoms with E-state index in [1.54, 1.807) is 0 Å². The summed E-state index contributed by atoms with van der Waals surface area (Å²) in [6.45, 7) is 1.12. The fourth-order valence-corrected chi connectivity index (χ4v) is 3.80. The molecule has 0 spiro atoms. The first kappa shape index (κ1) is 24.0. The normalized spacial score (nSPS) is 15.8. The minimum absolute atomic E-state index is 0.0878. The van der Waals surface area contributed by atoms with Crippen LogP contribution in [0.4, 0.5) is 11.4 Å². The van der Waals surface area contributed by atoms with Crippen molar-refractivity contribution >= 4 is 41.6 Å². The molecule has 1 aliphatic rings. The maximum absolute atomic E-state index is 12.9. The SMILES string of the molecule is CN(CCC=O)c1ccc(/C=C2\CC/C(=C\c3ccc(N(C)CCC(=O)O)cc3)C2=O)cc1. The Morgan fingerprint density at radius 1 is 0.848 bits per heavy atom. The van der Waals surface area contributed by atoms with Gasteiger partial charge in [-0.25, -0.2) is 0 Å². The van der Waals surface area contributed by atoms with Crippen LogP contribution in [-0.4, -0.2) is 50.3 Å². The monoisotopic (exact) mass is 446 g/mol. The van der Waals surface area contributed by atoms with Crippen LogP contribution in [-0.2, 0) is 14.4 Å². The second-order valence-electron chi connectivity index (χ2n) is 8.29. The van der Waals surface area contributed by atoms with Crippen LogP contribution in [0, 0.1) is 0 Å². The lowest BCUT2D eigenvalue weighted by molar-refractivity contribution is -0.136. The number of Topliss-reactive ketones (excluding diaryl/α,β-unsaturated/α-hetero) is 1. The van der Waals surface area contributed by atoms with Gasteiger partial charge in [0.15, 0.2) is 5.78 Å². The molecule has 3 rings (SSSR count). The number of aldehydes is 1. The predicted octanol–water partition coefficient (Wildman–Crippen LogP) is 4.45. The van der Waals surface area contributed by atoms with Gasteiger partial charge in [-0.2, -0.15) is 0 Å². The number of carboxylic acids is 1. The summed E-state index contributed by atoms with van der Waals surface area (Å²) in [6, 6.07) is 15.8. The van der Waals surface area contributed by atoms with Gasteiger partial charge < -0.3 is 19.7 Å². The Kier molecular flexibility index (Phi) is 8.19. The van der Waals surface area contributed by atoms with Crippen molar-refractivity contribution in [2.45, 2.75) is 25.7 Å². The number of rotatable bonds is 10. The van der Waals surface area contributed by atoms with E-state index in [9.17, 15) is 14.4 Å². The fraction of sp³-hybridized carbons (Fsp3) is 0.296. The maximum atomic E-state index is 12.9. The Hall–Kier alpha value is -3.67. The number of aliphatic carboxylic acids is 1. The molecule has 2 aromatic rings. The minimum atomic E-state index is -0.815. The summed E-state index contributed by atoms with van der Waals surface area (Å²) < 4.78 is 0. The molecule has 0 radical (unpaired) electrons. The van der Waals surface area contributed by atoms with E-state index in [4.69, 9.17) is 5.11 Å². The molecule has 0 atom stereocenters. The van der Waals surface area contributed by atoms with E-state index in [0.717, 1.165) is 52.8 Å². The Bertz CT molecular complexity index is 1050. The van der Waals surface area contributed by atoms with Gasteiger partial charge in [0, 0.05) is 56.1 Å². The Balaban J connectivity index is 1.65. The van der Waals surface area contributed by atoms with Gasteiger partial charge in [-0.3, -0.25) is 9.59 Å². The molecular weight excluding hydrogens is 416 g/mol. The van der Waals surface area contributed by atoms with Gasteiger partial charge in [0.25, 0.3) is 0 Å². The third kappa shape index (κ3) is 6.65. The van der Waals surface area contributed by atoms with Crippen LogP contribution in [0.5, 0.6) is 0 Å². The lowest BCUT2D eigenvalue weighted by atomic mass is 10.1. The molecule has 33 heavy (non-hydrogen) atoms. The molecule has 0 unspecified atom stereocenters. The molecule has 6 heteroatoms. The van der Waals surface area contributed by atoms with Crippen molar-refractivity contribution in [3.05, 3.63) is 70.8 Å². The predicted molar refractivity (Wildman–Crippen MR) is 133 cm³/mol. The third-order valence-electron chi connectivity index (χ3n) is 5.84. The van der Waals surface area contributed by atoms with Crippen molar-refractivity contribution in [1.82, 2.24) is 0 Å². The van der Waals surface area contributed by atoms with Crippen LogP contribution in [0.2, 0.25) is 0 Å². The summed E-state index contributed by atoms with van der Waals surface area (Å²) >= 11 is 0. The molecule has 0 amide bonds. The lowest BCUT2D eigenvalue weighted by Crippen LogP contribution is -2.20. The van der Waals surface area contributed by atoms with Crippen molar-refractivity contribution in [1.29, 1.82) is 0 Å². The van der Waals surface area contributed by atoms with Crippen molar-refractivity contribution in [2.24, 2.45) is 0 Å². The number of carboxylic acid groups (broad SMARTS) is 1. The molecule has 6 nitrogen and oxygen atoms in total. The number of allylic oxidation sites excluding steroid dienone is 2. The second-order valence-corrected chi connectivity index (χ2v) is 8.29. The quantitative estimate of drug-likeness (QED) is 0.429. The average molecular weight is 447 g/mol. The largest absolute Gasteiger partial charge is 0.481 e. The second kappa shape index (κ2) is 11.3. The van der Waals surface area contributed by atoms with E-state index in [-0.39, 0.29) is 12.2 Å². The number of benzene rings is 2. The highest BCUT2D eigenvalue weighted by Gasteiger charge is 2.23. The van der Waals surface area contributed by atoms with E-state index in [2.05, 4.69) is 0 Å². The molecular formula is C27H30N2O4. The molecule has 1 saturated carbocycles. The van der Waals surface area contributed by atoms with Gasteiger partial charge in [0.1, 0.15) is 6.29 Å². The first-order valence-electron chi connectivity index (χ1n) is 11.1. The first-order chi connectivity index (χ1) is 15.9. The molecule has 1 aliphatic carbocycles. The Morgan fingerprint density at radius 2 is 1.30 bits per heavy atom. The summed E-state index contributed by atoms with van der Waals surface area (Å²) in [6.07, 6.45) is 6.84.